The molecule has 0 saturated carbocycles. The van der Waals surface area contributed by atoms with Crippen LogP contribution >= 0.6 is 0 Å². The summed E-state index contributed by atoms with van der Waals surface area (Å²) in [7, 11) is 0. The average molecular weight is 226 g/mol. The molecule has 0 aromatic carbocycles. The average Bonchev–Trinajstić information content (AvgIpc) is 2.13. The minimum absolute atomic E-state index is 0.0994. The van der Waals surface area contributed by atoms with Crippen LogP contribution in [0.15, 0.2) is 12.2 Å². The Balaban J connectivity index is 2.03. The highest BCUT2D eigenvalue weighted by Gasteiger charge is 2.28. The van der Waals surface area contributed by atoms with Gasteiger partial charge in [-0.15, -0.1) is 0 Å². The zero-order valence-corrected chi connectivity index (χ0v) is 10.2. The van der Waals surface area contributed by atoms with Crippen molar-refractivity contribution in [3.63, 3.8) is 0 Å². The lowest BCUT2D eigenvalue weighted by Gasteiger charge is -2.31. The van der Waals surface area contributed by atoms with E-state index in [1.165, 1.54) is 0 Å². The molecule has 1 rings (SSSR count). The van der Waals surface area contributed by atoms with E-state index in [1.807, 2.05) is 13.8 Å². The first-order valence-electron chi connectivity index (χ1n) is 5.82. The maximum Gasteiger partial charge on any atom is 0.223 e. The van der Waals surface area contributed by atoms with Crippen LogP contribution in [0.1, 0.15) is 13.8 Å². The second-order valence-electron chi connectivity index (χ2n) is 4.51. The van der Waals surface area contributed by atoms with E-state index in [9.17, 15) is 4.79 Å². The predicted octanol–water partition coefficient (Wildman–Crippen LogP) is 0.551. The smallest absolute Gasteiger partial charge is 0.223 e. The molecule has 0 bridgehead atoms. The standard InChI is InChI=1S/C12H22N2O2/c1-9(2)8-16-5-4-14-12(15)10(3)11-6-13-7-11/h10-11,13H,1,4-8H2,2-3H3,(H,14,15). The van der Waals surface area contributed by atoms with E-state index in [0.29, 0.717) is 25.7 Å². The highest BCUT2D eigenvalue weighted by molar-refractivity contribution is 5.78. The van der Waals surface area contributed by atoms with Gasteiger partial charge in [0.25, 0.3) is 0 Å². The van der Waals surface area contributed by atoms with Crippen LogP contribution < -0.4 is 10.6 Å². The van der Waals surface area contributed by atoms with E-state index < -0.39 is 0 Å². The third-order valence-corrected chi connectivity index (χ3v) is 2.83. The fraction of sp³-hybridized carbons (Fsp3) is 0.750. The number of carbonyl (C=O) groups excluding carboxylic acids is 1. The number of nitrogens with one attached hydrogen (secondary N) is 2. The normalized spacial score (nSPS) is 17.6. The van der Waals surface area contributed by atoms with Crippen molar-refractivity contribution in [1.82, 2.24) is 10.6 Å². The van der Waals surface area contributed by atoms with Crippen molar-refractivity contribution in [2.45, 2.75) is 13.8 Å². The molecule has 1 atom stereocenters. The van der Waals surface area contributed by atoms with Crippen molar-refractivity contribution in [3.05, 3.63) is 12.2 Å². The molecule has 0 aromatic heterocycles. The molecular formula is C12H22N2O2. The van der Waals surface area contributed by atoms with Crippen molar-refractivity contribution in [3.8, 4) is 0 Å². The third kappa shape index (κ3) is 4.33. The van der Waals surface area contributed by atoms with E-state index in [1.54, 1.807) is 0 Å². The summed E-state index contributed by atoms with van der Waals surface area (Å²) in [6.07, 6.45) is 0. The molecule has 1 aliphatic rings. The van der Waals surface area contributed by atoms with Gasteiger partial charge in [-0.25, -0.2) is 0 Å². The molecule has 0 radical (unpaired) electrons. The summed E-state index contributed by atoms with van der Waals surface area (Å²) in [5.41, 5.74) is 1.00. The molecule has 0 spiro atoms. The van der Waals surface area contributed by atoms with Gasteiger partial charge in [0.05, 0.1) is 13.2 Å². The Morgan fingerprint density at radius 3 is 2.81 bits per heavy atom. The summed E-state index contributed by atoms with van der Waals surface area (Å²) in [5.74, 6) is 0.726. The van der Waals surface area contributed by atoms with Gasteiger partial charge in [0.15, 0.2) is 0 Å². The van der Waals surface area contributed by atoms with E-state index in [2.05, 4.69) is 17.2 Å². The first-order valence-corrected chi connectivity index (χ1v) is 5.82. The number of carbonyl (C=O) groups is 1. The Labute approximate surface area is 97.4 Å². The number of ether oxygens (including phenoxy) is 1. The monoisotopic (exact) mass is 226 g/mol. The molecule has 0 aliphatic carbocycles. The molecular weight excluding hydrogens is 204 g/mol. The van der Waals surface area contributed by atoms with Crippen LogP contribution in [0, 0.1) is 11.8 Å². The van der Waals surface area contributed by atoms with Crippen LogP contribution in [0.4, 0.5) is 0 Å². The van der Waals surface area contributed by atoms with Gasteiger partial charge in [0.1, 0.15) is 0 Å². The van der Waals surface area contributed by atoms with E-state index in [0.717, 1.165) is 18.7 Å². The number of hydrogen-bond donors (Lipinski definition) is 2. The SMILES string of the molecule is C=C(C)COCCNC(=O)C(C)C1CNC1. The summed E-state index contributed by atoms with van der Waals surface area (Å²) in [6, 6.07) is 0. The van der Waals surface area contributed by atoms with Crippen LogP contribution in [0.5, 0.6) is 0 Å². The topological polar surface area (TPSA) is 50.4 Å². The summed E-state index contributed by atoms with van der Waals surface area (Å²) < 4.78 is 5.30. The van der Waals surface area contributed by atoms with Crippen molar-refractivity contribution in [1.29, 1.82) is 0 Å². The number of hydrogen-bond acceptors (Lipinski definition) is 3. The van der Waals surface area contributed by atoms with Gasteiger partial charge < -0.3 is 15.4 Å². The number of amides is 1. The zero-order valence-electron chi connectivity index (χ0n) is 10.2. The van der Waals surface area contributed by atoms with E-state index >= 15 is 0 Å². The van der Waals surface area contributed by atoms with Gasteiger partial charge >= 0.3 is 0 Å². The van der Waals surface area contributed by atoms with Gasteiger partial charge in [0.2, 0.25) is 5.91 Å². The molecule has 1 heterocycles. The Kier molecular flexibility index (Phi) is 5.49. The van der Waals surface area contributed by atoms with Crippen molar-refractivity contribution in [2.75, 3.05) is 32.8 Å². The maximum atomic E-state index is 11.7. The maximum absolute atomic E-state index is 11.7. The molecule has 1 aliphatic heterocycles. The van der Waals surface area contributed by atoms with Crippen LogP contribution in [0.2, 0.25) is 0 Å². The van der Waals surface area contributed by atoms with Gasteiger partial charge in [0, 0.05) is 12.5 Å². The van der Waals surface area contributed by atoms with Crippen molar-refractivity contribution >= 4 is 5.91 Å². The van der Waals surface area contributed by atoms with Gasteiger partial charge in [-0.2, -0.15) is 0 Å². The van der Waals surface area contributed by atoms with Crippen molar-refractivity contribution < 1.29 is 9.53 Å². The predicted molar refractivity (Wildman–Crippen MR) is 64.2 cm³/mol. The van der Waals surface area contributed by atoms with Gasteiger partial charge in [-0.1, -0.05) is 19.1 Å². The van der Waals surface area contributed by atoms with Gasteiger partial charge in [-0.3, -0.25) is 4.79 Å². The first-order chi connectivity index (χ1) is 7.61. The highest BCUT2D eigenvalue weighted by atomic mass is 16.5. The lowest BCUT2D eigenvalue weighted by molar-refractivity contribution is -0.126. The Morgan fingerprint density at radius 2 is 2.31 bits per heavy atom. The molecule has 2 N–H and O–H groups in total. The quantitative estimate of drug-likeness (QED) is 0.492. The van der Waals surface area contributed by atoms with E-state index in [4.69, 9.17) is 4.74 Å². The van der Waals surface area contributed by atoms with Crippen LogP contribution in [0.25, 0.3) is 0 Å². The molecule has 1 amide bonds. The Bertz CT molecular complexity index is 249. The molecule has 1 fully saturated rings. The zero-order chi connectivity index (χ0) is 12.0. The van der Waals surface area contributed by atoms with Crippen molar-refractivity contribution in [2.24, 2.45) is 11.8 Å². The lowest BCUT2D eigenvalue weighted by atomic mass is 9.88. The summed E-state index contributed by atoms with van der Waals surface area (Å²) in [5, 5.41) is 6.06. The summed E-state index contributed by atoms with van der Waals surface area (Å²) in [4.78, 5) is 11.7. The molecule has 16 heavy (non-hydrogen) atoms. The second-order valence-corrected chi connectivity index (χ2v) is 4.51. The van der Waals surface area contributed by atoms with E-state index in [-0.39, 0.29) is 11.8 Å². The molecule has 0 aromatic rings. The molecule has 1 saturated heterocycles. The molecule has 92 valence electrons. The second kappa shape index (κ2) is 6.66. The molecule has 4 heteroatoms. The van der Waals surface area contributed by atoms with Crippen LogP contribution in [0.3, 0.4) is 0 Å². The number of rotatable bonds is 7. The first kappa shape index (κ1) is 13.2. The Morgan fingerprint density at radius 1 is 1.62 bits per heavy atom. The minimum atomic E-state index is 0.0994. The fourth-order valence-corrected chi connectivity index (χ4v) is 1.53. The van der Waals surface area contributed by atoms with Crippen LogP contribution in [-0.4, -0.2) is 38.8 Å². The Hall–Kier alpha value is -0.870. The summed E-state index contributed by atoms with van der Waals surface area (Å²) in [6.45, 7) is 11.3. The lowest BCUT2D eigenvalue weighted by Crippen LogP contribution is -2.49. The highest BCUT2D eigenvalue weighted by Crippen LogP contribution is 2.15. The van der Waals surface area contributed by atoms with Gasteiger partial charge in [-0.05, 0) is 25.9 Å². The minimum Gasteiger partial charge on any atom is -0.375 e. The van der Waals surface area contributed by atoms with Crippen LogP contribution in [-0.2, 0) is 9.53 Å². The molecule has 4 nitrogen and oxygen atoms in total. The summed E-state index contributed by atoms with van der Waals surface area (Å²) >= 11 is 0. The third-order valence-electron chi connectivity index (χ3n) is 2.83. The molecule has 1 unspecified atom stereocenters. The fourth-order valence-electron chi connectivity index (χ4n) is 1.53. The largest absolute Gasteiger partial charge is 0.375 e.